The Bertz CT molecular complexity index is 335. The number of rotatable bonds is 4. The molecule has 0 aliphatic heterocycles. The fraction of sp³-hybridized carbons (Fsp3) is 0.364. The van der Waals surface area contributed by atoms with Crippen molar-refractivity contribution in [2.24, 2.45) is 5.16 Å². The lowest BCUT2D eigenvalue weighted by Gasteiger charge is -2.12. The van der Waals surface area contributed by atoms with Crippen molar-refractivity contribution in [3.8, 4) is 5.75 Å². The van der Waals surface area contributed by atoms with Crippen molar-refractivity contribution in [3.05, 3.63) is 29.8 Å². The van der Waals surface area contributed by atoms with Gasteiger partial charge in [0.15, 0.2) is 5.17 Å². The topological polar surface area (TPSA) is 41.8 Å². The lowest BCUT2D eigenvalue weighted by Crippen LogP contribution is -2.05. The molecule has 3 nitrogen and oxygen atoms in total. The van der Waals surface area contributed by atoms with Crippen molar-refractivity contribution in [2.45, 2.75) is 19.3 Å². The van der Waals surface area contributed by atoms with Crippen LogP contribution in [0.1, 0.15) is 24.8 Å². The van der Waals surface area contributed by atoms with Crippen LogP contribution in [0.3, 0.4) is 0 Å². The molecular weight excluding hydrogens is 214 g/mol. The van der Waals surface area contributed by atoms with E-state index >= 15 is 0 Å². The maximum atomic E-state index is 8.63. The number of hydrogen-bond acceptors (Lipinski definition) is 3. The van der Waals surface area contributed by atoms with Crippen LogP contribution in [0.5, 0.6) is 5.75 Å². The molecule has 0 aliphatic carbocycles. The highest BCUT2D eigenvalue weighted by Gasteiger charge is 2.15. The summed E-state index contributed by atoms with van der Waals surface area (Å²) in [6.07, 6.45) is 0.787. The summed E-state index contributed by atoms with van der Waals surface area (Å²) in [5.41, 5.74) is 1.01. The van der Waals surface area contributed by atoms with E-state index in [1.807, 2.05) is 31.2 Å². The number of halogens is 1. The molecule has 1 aromatic carbocycles. The average molecular weight is 228 g/mol. The van der Waals surface area contributed by atoms with Crippen molar-refractivity contribution in [1.29, 1.82) is 0 Å². The summed E-state index contributed by atoms with van der Waals surface area (Å²) in [4.78, 5) is 0. The minimum atomic E-state index is -0.0532. The van der Waals surface area contributed by atoms with Crippen molar-refractivity contribution < 1.29 is 9.94 Å². The van der Waals surface area contributed by atoms with Crippen LogP contribution in [0.4, 0.5) is 0 Å². The van der Waals surface area contributed by atoms with Crippen LogP contribution in [0, 0.1) is 0 Å². The SMILES string of the molecule is CCC(/C(Cl)=N\O)c1ccc(OC)cc1. The minimum Gasteiger partial charge on any atom is -0.497 e. The fourth-order valence-electron chi connectivity index (χ4n) is 1.45. The van der Waals surface area contributed by atoms with Crippen LogP contribution in [-0.4, -0.2) is 17.5 Å². The van der Waals surface area contributed by atoms with Crippen LogP contribution in [0.25, 0.3) is 0 Å². The zero-order chi connectivity index (χ0) is 11.3. The Hall–Kier alpha value is -1.22. The van der Waals surface area contributed by atoms with Crippen molar-refractivity contribution >= 4 is 16.8 Å². The van der Waals surface area contributed by atoms with Gasteiger partial charge in [-0.2, -0.15) is 0 Å². The smallest absolute Gasteiger partial charge is 0.152 e. The molecule has 0 fully saturated rings. The lowest BCUT2D eigenvalue weighted by atomic mass is 9.97. The Morgan fingerprint density at radius 2 is 2.07 bits per heavy atom. The van der Waals surface area contributed by atoms with Crippen LogP contribution in [-0.2, 0) is 0 Å². The molecule has 0 heterocycles. The maximum Gasteiger partial charge on any atom is 0.152 e. The second kappa shape index (κ2) is 5.61. The second-order valence-electron chi connectivity index (χ2n) is 3.16. The highest BCUT2D eigenvalue weighted by atomic mass is 35.5. The van der Waals surface area contributed by atoms with Gasteiger partial charge in [-0.25, -0.2) is 0 Å². The number of ether oxygens (including phenoxy) is 1. The molecule has 15 heavy (non-hydrogen) atoms. The maximum absolute atomic E-state index is 8.63. The molecule has 0 aliphatic rings. The van der Waals surface area contributed by atoms with Gasteiger partial charge in [0.25, 0.3) is 0 Å². The van der Waals surface area contributed by atoms with Crippen molar-refractivity contribution in [3.63, 3.8) is 0 Å². The number of benzene rings is 1. The molecule has 0 saturated carbocycles. The van der Waals surface area contributed by atoms with Crippen LogP contribution in [0.2, 0.25) is 0 Å². The Labute approximate surface area is 94.3 Å². The van der Waals surface area contributed by atoms with Gasteiger partial charge in [0.05, 0.1) is 7.11 Å². The second-order valence-corrected chi connectivity index (χ2v) is 3.54. The predicted molar refractivity (Wildman–Crippen MR) is 61.1 cm³/mol. The zero-order valence-electron chi connectivity index (χ0n) is 8.77. The highest BCUT2D eigenvalue weighted by Crippen LogP contribution is 2.25. The van der Waals surface area contributed by atoms with E-state index in [0.29, 0.717) is 0 Å². The molecule has 1 unspecified atom stereocenters. The Morgan fingerprint density at radius 3 is 2.47 bits per heavy atom. The van der Waals surface area contributed by atoms with Gasteiger partial charge in [0.1, 0.15) is 5.75 Å². The van der Waals surface area contributed by atoms with Crippen LogP contribution >= 0.6 is 11.6 Å². The Morgan fingerprint density at radius 1 is 1.47 bits per heavy atom. The van der Waals surface area contributed by atoms with Gasteiger partial charge in [-0.1, -0.05) is 35.8 Å². The largest absolute Gasteiger partial charge is 0.497 e. The first kappa shape index (κ1) is 11.9. The molecule has 0 saturated heterocycles. The van der Waals surface area contributed by atoms with E-state index in [0.717, 1.165) is 17.7 Å². The van der Waals surface area contributed by atoms with Crippen molar-refractivity contribution in [1.82, 2.24) is 0 Å². The monoisotopic (exact) mass is 227 g/mol. The number of hydrogen-bond donors (Lipinski definition) is 1. The molecule has 1 rings (SSSR count). The third-order valence-electron chi connectivity index (χ3n) is 2.31. The summed E-state index contributed by atoms with van der Waals surface area (Å²) in [6.45, 7) is 1.99. The molecule has 0 bridgehead atoms. The third kappa shape index (κ3) is 2.86. The standard InChI is InChI=1S/C11H14ClNO2/c1-3-10(11(12)13-14)8-4-6-9(15-2)7-5-8/h4-7,10,14H,3H2,1-2H3/b13-11+. The highest BCUT2D eigenvalue weighted by molar-refractivity contribution is 6.66. The fourth-order valence-corrected chi connectivity index (χ4v) is 1.73. The number of oxime groups is 1. The zero-order valence-corrected chi connectivity index (χ0v) is 9.53. The van der Waals surface area contributed by atoms with E-state index in [1.54, 1.807) is 7.11 Å². The van der Waals surface area contributed by atoms with E-state index in [-0.39, 0.29) is 11.1 Å². The normalized spacial score (nSPS) is 13.7. The van der Waals surface area contributed by atoms with E-state index in [9.17, 15) is 0 Å². The number of methoxy groups -OCH3 is 1. The van der Waals surface area contributed by atoms with E-state index < -0.39 is 0 Å². The van der Waals surface area contributed by atoms with Gasteiger partial charge in [-0.3, -0.25) is 0 Å². The molecule has 1 N–H and O–H groups in total. The molecule has 82 valence electrons. The molecule has 1 atom stereocenters. The first-order chi connectivity index (χ1) is 7.22. The predicted octanol–water partition coefficient (Wildman–Crippen LogP) is 3.22. The third-order valence-corrected chi connectivity index (χ3v) is 2.65. The van der Waals surface area contributed by atoms with Gasteiger partial charge in [0, 0.05) is 5.92 Å². The van der Waals surface area contributed by atoms with Crippen molar-refractivity contribution in [2.75, 3.05) is 7.11 Å². The van der Waals surface area contributed by atoms with Gasteiger partial charge in [-0.15, -0.1) is 0 Å². The molecule has 4 heteroatoms. The summed E-state index contributed by atoms with van der Waals surface area (Å²) in [5.74, 6) is 0.744. The summed E-state index contributed by atoms with van der Waals surface area (Å²) in [5, 5.41) is 11.9. The van der Waals surface area contributed by atoms with Gasteiger partial charge >= 0.3 is 0 Å². The summed E-state index contributed by atoms with van der Waals surface area (Å²) >= 11 is 5.81. The molecule has 0 aromatic heterocycles. The molecule has 0 spiro atoms. The first-order valence-corrected chi connectivity index (χ1v) is 5.12. The summed E-state index contributed by atoms with van der Waals surface area (Å²) in [7, 11) is 1.62. The quantitative estimate of drug-likeness (QED) is 0.488. The summed E-state index contributed by atoms with van der Waals surface area (Å²) in [6, 6.07) is 7.56. The van der Waals surface area contributed by atoms with E-state index in [4.69, 9.17) is 21.5 Å². The molecule has 0 amide bonds. The lowest BCUT2D eigenvalue weighted by molar-refractivity contribution is 0.318. The molecular formula is C11H14ClNO2. The molecule has 0 radical (unpaired) electrons. The van der Waals surface area contributed by atoms with Gasteiger partial charge in [0.2, 0.25) is 0 Å². The number of nitrogens with zero attached hydrogens (tertiary/aromatic N) is 1. The van der Waals surface area contributed by atoms with E-state index in [2.05, 4.69) is 5.16 Å². The summed E-state index contributed by atoms with van der Waals surface area (Å²) < 4.78 is 5.06. The Kier molecular flexibility index (Phi) is 4.43. The van der Waals surface area contributed by atoms with Crippen LogP contribution in [0.15, 0.2) is 29.4 Å². The Balaban J connectivity index is 2.93. The first-order valence-electron chi connectivity index (χ1n) is 4.74. The van der Waals surface area contributed by atoms with Gasteiger partial charge in [-0.05, 0) is 24.1 Å². The average Bonchev–Trinajstić information content (AvgIpc) is 2.30. The van der Waals surface area contributed by atoms with E-state index in [1.165, 1.54) is 0 Å². The minimum absolute atomic E-state index is 0.0532. The van der Waals surface area contributed by atoms with Gasteiger partial charge < -0.3 is 9.94 Å². The molecule has 1 aromatic rings. The van der Waals surface area contributed by atoms with Crippen LogP contribution < -0.4 is 4.74 Å².